The first kappa shape index (κ1) is 13.5. The van der Waals surface area contributed by atoms with E-state index in [1.54, 1.807) is 30.0 Å². The van der Waals surface area contributed by atoms with Crippen LogP contribution in [0.5, 0.6) is 5.75 Å². The number of aromatic hydroxyl groups is 1. The van der Waals surface area contributed by atoms with E-state index in [0.29, 0.717) is 12.1 Å². The number of nitrogens with one attached hydrogen (secondary N) is 1. The van der Waals surface area contributed by atoms with Gasteiger partial charge in [0.05, 0.1) is 5.56 Å². The Hall–Kier alpha value is -1.94. The molecular formula is C15H15NO2S. The lowest BCUT2D eigenvalue weighted by molar-refractivity contribution is 0.0948. The fourth-order valence-electron chi connectivity index (χ4n) is 1.78. The van der Waals surface area contributed by atoms with E-state index < -0.39 is 0 Å². The summed E-state index contributed by atoms with van der Waals surface area (Å²) >= 11 is 1.55. The normalized spacial score (nSPS) is 10.2. The third kappa shape index (κ3) is 3.51. The van der Waals surface area contributed by atoms with Gasteiger partial charge in [0.15, 0.2) is 0 Å². The Labute approximate surface area is 116 Å². The van der Waals surface area contributed by atoms with Crippen LogP contribution in [0.1, 0.15) is 15.9 Å². The van der Waals surface area contributed by atoms with Crippen molar-refractivity contribution in [3.8, 4) is 5.75 Å². The lowest BCUT2D eigenvalue weighted by atomic mass is 10.2. The smallest absolute Gasteiger partial charge is 0.252 e. The van der Waals surface area contributed by atoms with E-state index in [4.69, 9.17) is 0 Å². The van der Waals surface area contributed by atoms with Crippen molar-refractivity contribution in [1.82, 2.24) is 5.32 Å². The number of rotatable bonds is 4. The second-order valence-electron chi connectivity index (χ2n) is 4.05. The highest BCUT2D eigenvalue weighted by Gasteiger charge is 2.09. The quantitative estimate of drug-likeness (QED) is 0.842. The summed E-state index contributed by atoms with van der Waals surface area (Å²) in [5, 5.41) is 12.2. The summed E-state index contributed by atoms with van der Waals surface area (Å²) < 4.78 is 0. The van der Waals surface area contributed by atoms with Gasteiger partial charge in [-0.25, -0.2) is 0 Å². The Balaban J connectivity index is 2.05. The van der Waals surface area contributed by atoms with Crippen LogP contribution in [0.3, 0.4) is 0 Å². The van der Waals surface area contributed by atoms with E-state index in [1.165, 1.54) is 0 Å². The van der Waals surface area contributed by atoms with E-state index in [0.717, 1.165) is 10.5 Å². The Morgan fingerprint density at radius 2 is 2.00 bits per heavy atom. The van der Waals surface area contributed by atoms with Crippen LogP contribution < -0.4 is 5.32 Å². The van der Waals surface area contributed by atoms with E-state index in [-0.39, 0.29) is 11.7 Å². The minimum atomic E-state index is -0.103. The number of hydrogen-bond donors (Lipinski definition) is 2. The van der Waals surface area contributed by atoms with Crippen LogP contribution in [0, 0.1) is 0 Å². The maximum atomic E-state index is 12.1. The van der Waals surface area contributed by atoms with Crippen LogP contribution >= 0.6 is 11.8 Å². The monoisotopic (exact) mass is 273 g/mol. The molecular weight excluding hydrogens is 258 g/mol. The molecule has 0 radical (unpaired) electrons. The first-order valence-electron chi connectivity index (χ1n) is 5.90. The molecule has 0 saturated heterocycles. The molecule has 0 unspecified atom stereocenters. The van der Waals surface area contributed by atoms with Crippen molar-refractivity contribution in [3.05, 3.63) is 59.7 Å². The van der Waals surface area contributed by atoms with Gasteiger partial charge in [-0.05, 0) is 36.1 Å². The topological polar surface area (TPSA) is 49.3 Å². The van der Waals surface area contributed by atoms with Crippen LogP contribution in [0.4, 0.5) is 0 Å². The van der Waals surface area contributed by atoms with Gasteiger partial charge in [-0.2, -0.15) is 0 Å². The number of amides is 1. The molecule has 0 heterocycles. The van der Waals surface area contributed by atoms with Gasteiger partial charge in [0.1, 0.15) is 5.75 Å². The zero-order chi connectivity index (χ0) is 13.7. The van der Waals surface area contributed by atoms with Gasteiger partial charge < -0.3 is 10.4 Å². The van der Waals surface area contributed by atoms with Crippen molar-refractivity contribution in [2.75, 3.05) is 6.26 Å². The minimum absolute atomic E-state index is 0.103. The summed E-state index contributed by atoms with van der Waals surface area (Å²) in [5.74, 6) is 0.101. The number of carbonyl (C=O) groups excluding carboxylic acids is 1. The molecule has 0 aliphatic carbocycles. The van der Waals surface area contributed by atoms with Crippen LogP contribution in [-0.2, 0) is 6.54 Å². The summed E-state index contributed by atoms with van der Waals surface area (Å²) in [7, 11) is 0. The Kier molecular flexibility index (Phi) is 4.47. The maximum Gasteiger partial charge on any atom is 0.252 e. The average molecular weight is 273 g/mol. The summed E-state index contributed by atoms with van der Waals surface area (Å²) in [6.45, 7) is 0.399. The minimum Gasteiger partial charge on any atom is -0.508 e. The fourth-order valence-corrected chi connectivity index (χ4v) is 2.37. The lowest BCUT2D eigenvalue weighted by Gasteiger charge is -2.08. The van der Waals surface area contributed by atoms with Crippen molar-refractivity contribution in [1.29, 1.82) is 0 Å². The van der Waals surface area contributed by atoms with E-state index >= 15 is 0 Å². The first-order chi connectivity index (χ1) is 9.20. The number of carbonyl (C=O) groups is 1. The van der Waals surface area contributed by atoms with E-state index in [2.05, 4.69) is 5.32 Å². The number of thioether (sulfide) groups is 1. The zero-order valence-electron chi connectivity index (χ0n) is 10.6. The predicted molar refractivity (Wildman–Crippen MR) is 77.5 cm³/mol. The molecule has 3 nitrogen and oxygen atoms in total. The molecule has 0 aliphatic rings. The van der Waals surface area contributed by atoms with Gasteiger partial charge in [-0.15, -0.1) is 11.8 Å². The second-order valence-corrected chi connectivity index (χ2v) is 4.90. The standard InChI is InChI=1S/C15H15NO2S/c1-19-14-8-3-2-7-13(14)15(18)16-10-11-5-4-6-12(17)9-11/h2-9,17H,10H2,1H3,(H,16,18). The number of hydrogen-bond acceptors (Lipinski definition) is 3. The average Bonchev–Trinajstić information content (AvgIpc) is 2.45. The molecule has 0 atom stereocenters. The highest BCUT2D eigenvalue weighted by Crippen LogP contribution is 2.19. The van der Waals surface area contributed by atoms with Gasteiger partial charge in [0, 0.05) is 11.4 Å². The third-order valence-electron chi connectivity index (χ3n) is 2.72. The molecule has 0 fully saturated rings. The molecule has 19 heavy (non-hydrogen) atoms. The van der Waals surface area contributed by atoms with Crippen molar-refractivity contribution in [2.45, 2.75) is 11.4 Å². The van der Waals surface area contributed by atoms with Crippen LogP contribution in [0.2, 0.25) is 0 Å². The largest absolute Gasteiger partial charge is 0.508 e. The van der Waals surface area contributed by atoms with Crippen LogP contribution in [0.15, 0.2) is 53.4 Å². The van der Waals surface area contributed by atoms with Crippen LogP contribution in [0.25, 0.3) is 0 Å². The number of benzene rings is 2. The molecule has 98 valence electrons. The first-order valence-corrected chi connectivity index (χ1v) is 7.12. The summed E-state index contributed by atoms with van der Waals surface area (Å²) in [5.41, 5.74) is 1.55. The number of phenolic OH excluding ortho intramolecular Hbond substituents is 1. The summed E-state index contributed by atoms with van der Waals surface area (Å²) in [6, 6.07) is 14.4. The molecule has 0 saturated carbocycles. The molecule has 1 amide bonds. The van der Waals surface area contributed by atoms with Crippen molar-refractivity contribution in [3.63, 3.8) is 0 Å². The molecule has 2 aromatic carbocycles. The Morgan fingerprint density at radius 1 is 1.21 bits per heavy atom. The van der Waals surface area contributed by atoms with E-state index in [9.17, 15) is 9.90 Å². The molecule has 2 N–H and O–H groups in total. The Morgan fingerprint density at radius 3 is 2.74 bits per heavy atom. The highest BCUT2D eigenvalue weighted by atomic mass is 32.2. The highest BCUT2D eigenvalue weighted by molar-refractivity contribution is 7.98. The van der Waals surface area contributed by atoms with Crippen LogP contribution in [-0.4, -0.2) is 17.3 Å². The summed E-state index contributed by atoms with van der Waals surface area (Å²) in [6.07, 6.45) is 1.95. The fraction of sp³-hybridized carbons (Fsp3) is 0.133. The van der Waals surface area contributed by atoms with E-state index in [1.807, 2.05) is 36.6 Å². The zero-order valence-corrected chi connectivity index (χ0v) is 11.4. The second kappa shape index (κ2) is 6.29. The third-order valence-corrected chi connectivity index (χ3v) is 3.51. The van der Waals surface area contributed by atoms with Gasteiger partial charge in [-0.1, -0.05) is 24.3 Å². The molecule has 0 aliphatic heterocycles. The number of phenols is 1. The molecule has 4 heteroatoms. The van der Waals surface area contributed by atoms with Gasteiger partial charge in [0.2, 0.25) is 0 Å². The van der Waals surface area contributed by atoms with Crippen molar-refractivity contribution in [2.24, 2.45) is 0 Å². The SMILES string of the molecule is CSc1ccccc1C(=O)NCc1cccc(O)c1. The van der Waals surface area contributed by atoms with Crippen molar-refractivity contribution < 1.29 is 9.90 Å². The molecule has 2 aromatic rings. The van der Waals surface area contributed by atoms with Gasteiger partial charge >= 0.3 is 0 Å². The van der Waals surface area contributed by atoms with Gasteiger partial charge in [0.25, 0.3) is 5.91 Å². The Bertz CT molecular complexity index is 584. The van der Waals surface area contributed by atoms with Gasteiger partial charge in [-0.3, -0.25) is 4.79 Å². The lowest BCUT2D eigenvalue weighted by Crippen LogP contribution is -2.23. The van der Waals surface area contributed by atoms with Crippen molar-refractivity contribution >= 4 is 17.7 Å². The molecule has 2 rings (SSSR count). The molecule has 0 bridgehead atoms. The molecule has 0 aromatic heterocycles. The molecule has 0 spiro atoms. The summed E-state index contributed by atoms with van der Waals surface area (Å²) in [4.78, 5) is 13.1. The predicted octanol–water partition coefficient (Wildman–Crippen LogP) is 3.04. The maximum absolute atomic E-state index is 12.1.